The lowest BCUT2D eigenvalue weighted by molar-refractivity contribution is -0.128. The molecule has 1 amide bonds. The zero-order valence-electron chi connectivity index (χ0n) is 16.8. The Kier molecular flexibility index (Phi) is 11.5. The molecule has 0 spiro atoms. The van der Waals surface area contributed by atoms with Crippen molar-refractivity contribution in [3.63, 3.8) is 0 Å². The maximum atomic E-state index is 11.5. The first-order valence-electron chi connectivity index (χ1n) is 10.4. The Morgan fingerprint density at radius 3 is 2.54 bits per heavy atom. The Hall–Kier alpha value is -1.13. The standard InChI is InChI=1S/C22H39NO3/c1-23(2)21(25)16-10-6-5-9-14-20-15-13-18-22(20,26)17-11-7-3-4-8-12-19-24/h5,9,11,17,20,24,26H,3-4,6-8,10,12-16,18-19H2,1-2H3/t20-,22+/m1/s1. The van der Waals surface area contributed by atoms with Gasteiger partial charge in [0.25, 0.3) is 0 Å². The van der Waals surface area contributed by atoms with Crippen LogP contribution in [0.25, 0.3) is 0 Å². The SMILES string of the molecule is CN(C)C(=O)CCCC=CC[C@@H]1CCC[C@@]1(O)C=CCCCCCCO. The van der Waals surface area contributed by atoms with E-state index in [0.29, 0.717) is 12.3 Å². The van der Waals surface area contributed by atoms with Crippen molar-refractivity contribution >= 4 is 5.91 Å². The summed E-state index contributed by atoms with van der Waals surface area (Å²) in [6.45, 7) is 0.288. The first-order valence-corrected chi connectivity index (χ1v) is 10.4. The van der Waals surface area contributed by atoms with E-state index in [-0.39, 0.29) is 12.5 Å². The summed E-state index contributed by atoms with van der Waals surface area (Å²) in [5.41, 5.74) is -0.643. The van der Waals surface area contributed by atoms with Crippen LogP contribution in [0.15, 0.2) is 24.3 Å². The molecule has 0 aromatic rings. The molecule has 0 unspecified atom stereocenters. The van der Waals surface area contributed by atoms with E-state index in [9.17, 15) is 9.90 Å². The molecule has 0 aliphatic heterocycles. The highest BCUT2D eigenvalue weighted by Crippen LogP contribution is 2.39. The molecule has 0 radical (unpaired) electrons. The molecular formula is C22H39NO3. The highest BCUT2D eigenvalue weighted by molar-refractivity contribution is 5.75. The van der Waals surface area contributed by atoms with Crippen molar-refractivity contribution in [2.75, 3.05) is 20.7 Å². The number of carbonyl (C=O) groups excluding carboxylic acids is 1. The van der Waals surface area contributed by atoms with Crippen LogP contribution in [0.2, 0.25) is 0 Å². The molecule has 26 heavy (non-hydrogen) atoms. The molecule has 1 aliphatic carbocycles. The average Bonchev–Trinajstić information content (AvgIpc) is 2.97. The molecule has 1 fully saturated rings. The van der Waals surface area contributed by atoms with E-state index < -0.39 is 5.60 Å². The van der Waals surface area contributed by atoms with Crippen molar-refractivity contribution in [2.45, 2.75) is 82.7 Å². The van der Waals surface area contributed by atoms with E-state index in [4.69, 9.17) is 5.11 Å². The summed E-state index contributed by atoms with van der Waals surface area (Å²) in [5, 5.41) is 19.7. The van der Waals surface area contributed by atoms with E-state index in [1.54, 1.807) is 19.0 Å². The fraction of sp³-hybridized carbons (Fsp3) is 0.773. The molecule has 4 nitrogen and oxygen atoms in total. The molecule has 0 heterocycles. The Morgan fingerprint density at radius 1 is 1.08 bits per heavy atom. The third kappa shape index (κ3) is 9.00. The third-order valence-electron chi connectivity index (χ3n) is 5.37. The quantitative estimate of drug-likeness (QED) is 0.379. The van der Waals surface area contributed by atoms with Gasteiger partial charge < -0.3 is 15.1 Å². The van der Waals surface area contributed by atoms with Gasteiger partial charge in [0.2, 0.25) is 5.91 Å². The van der Waals surface area contributed by atoms with Crippen molar-refractivity contribution in [1.82, 2.24) is 4.90 Å². The third-order valence-corrected chi connectivity index (χ3v) is 5.37. The summed E-state index contributed by atoms with van der Waals surface area (Å²) in [7, 11) is 3.59. The highest BCUT2D eigenvalue weighted by atomic mass is 16.3. The number of nitrogens with zero attached hydrogens (tertiary/aromatic N) is 1. The fourth-order valence-electron chi connectivity index (χ4n) is 3.62. The molecule has 0 aromatic heterocycles. The van der Waals surface area contributed by atoms with Gasteiger partial charge in [0.05, 0.1) is 5.60 Å². The minimum atomic E-state index is -0.643. The smallest absolute Gasteiger partial charge is 0.222 e. The molecule has 2 N–H and O–H groups in total. The van der Waals surface area contributed by atoms with Crippen molar-refractivity contribution < 1.29 is 15.0 Å². The van der Waals surface area contributed by atoms with E-state index >= 15 is 0 Å². The van der Waals surface area contributed by atoms with E-state index in [2.05, 4.69) is 18.2 Å². The maximum absolute atomic E-state index is 11.5. The molecule has 2 atom stereocenters. The van der Waals surface area contributed by atoms with Crippen molar-refractivity contribution in [3.05, 3.63) is 24.3 Å². The molecular weight excluding hydrogens is 326 g/mol. The van der Waals surface area contributed by atoms with Gasteiger partial charge in [0, 0.05) is 27.1 Å². The average molecular weight is 366 g/mol. The van der Waals surface area contributed by atoms with Crippen LogP contribution in [0.4, 0.5) is 0 Å². The second-order valence-corrected chi connectivity index (χ2v) is 7.80. The van der Waals surface area contributed by atoms with Crippen LogP contribution in [-0.4, -0.2) is 47.3 Å². The Labute approximate surface area is 160 Å². The zero-order chi connectivity index (χ0) is 19.3. The van der Waals surface area contributed by atoms with Gasteiger partial charge in [0.1, 0.15) is 0 Å². The van der Waals surface area contributed by atoms with E-state index in [0.717, 1.165) is 70.6 Å². The number of amides is 1. The van der Waals surface area contributed by atoms with Gasteiger partial charge in [-0.05, 0) is 63.7 Å². The van der Waals surface area contributed by atoms with Crippen molar-refractivity contribution in [1.29, 1.82) is 0 Å². The largest absolute Gasteiger partial charge is 0.396 e. The first-order chi connectivity index (χ1) is 12.5. The van der Waals surface area contributed by atoms with Crippen LogP contribution in [0.3, 0.4) is 0 Å². The number of hydrogen-bond acceptors (Lipinski definition) is 3. The first kappa shape index (κ1) is 22.9. The van der Waals surface area contributed by atoms with E-state index in [1.165, 1.54) is 0 Å². The summed E-state index contributed by atoms with van der Waals surface area (Å²) >= 11 is 0. The summed E-state index contributed by atoms with van der Waals surface area (Å²) in [6.07, 6.45) is 20.2. The van der Waals surface area contributed by atoms with Gasteiger partial charge in [-0.1, -0.05) is 37.1 Å². The van der Waals surface area contributed by atoms with Gasteiger partial charge in [-0.2, -0.15) is 0 Å². The number of aliphatic hydroxyl groups is 2. The normalized spacial score (nSPS) is 23.3. The van der Waals surface area contributed by atoms with Gasteiger partial charge in [-0.15, -0.1) is 0 Å². The van der Waals surface area contributed by atoms with Crippen LogP contribution >= 0.6 is 0 Å². The van der Waals surface area contributed by atoms with Crippen LogP contribution in [0.1, 0.15) is 77.0 Å². The minimum absolute atomic E-state index is 0.185. The summed E-state index contributed by atoms with van der Waals surface area (Å²) in [6, 6.07) is 0. The summed E-state index contributed by atoms with van der Waals surface area (Å²) in [4.78, 5) is 13.2. The van der Waals surface area contributed by atoms with Gasteiger partial charge in [-0.25, -0.2) is 0 Å². The Balaban J connectivity index is 2.26. The van der Waals surface area contributed by atoms with Gasteiger partial charge >= 0.3 is 0 Å². The molecule has 1 rings (SSSR count). The molecule has 0 saturated heterocycles. The molecule has 4 heteroatoms. The lowest BCUT2D eigenvalue weighted by Gasteiger charge is -2.26. The van der Waals surface area contributed by atoms with E-state index in [1.807, 2.05) is 6.08 Å². The van der Waals surface area contributed by atoms with Gasteiger partial charge in [0.15, 0.2) is 0 Å². The Morgan fingerprint density at radius 2 is 1.81 bits per heavy atom. The topological polar surface area (TPSA) is 60.8 Å². The molecule has 1 saturated carbocycles. The van der Waals surface area contributed by atoms with Crippen molar-refractivity contribution in [3.8, 4) is 0 Å². The predicted octanol–water partition coefficient (Wildman–Crippen LogP) is 4.22. The Bertz CT molecular complexity index is 445. The van der Waals surface area contributed by atoms with Crippen LogP contribution in [0, 0.1) is 5.92 Å². The monoisotopic (exact) mass is 365 g/mol. The molecule has 150 valence electrons. The zero-order valence-corrected chi connectivity index (χ0v) is 16.8. The summed E-state index contributed by atoms with van der Waals surface area (Å²) < 4.78 is 0. The molecule has 0 bridgehead atoms. The fourth-order valence-corrected chi connectivity index (χ4v) is 3.62. The maximum Gasteiger partial charge on any atom is 0.222 e. The number of unbranched alkanes of at least 4 members (excludes halogenated alkanes) is 5. The number of hydrogen-bond donors (Lipinski definition) is 2. The van der Waals surface area contributed by atoms with Crippen molar-refractivity contribution in [2.24, 2.45) is 5.92 Å². The van der Waals surface area contributed by atoms with Crippen LogP contribution < -0.4 is 0 Å². The highest BCUT2D eigenvalue weighted by Gasteiger charge is 2.37. The number of aliphatic hydroxyl groups excluding tert-OH is 1. The van der Waals surface area contributed by atoms with Crippen LogP contribution in [0.5, 0.6) is 0 Å². The molecule has 0 aromatic carbocycles. The molecule has 1 aliphatic rings. The second-order valence-electron chi connectivity index (χ2n) is 7.80. The van der Waals surface area contributed by atoms with Crippen LogP contribution in [-0.2, 0) is 4.79 Å². The number of carbonyl (C=O) groups is 1. The minimum Gasteiger partial charge on any atom is -0.396 e. The number of rotatable bonds is 13. The van der Waals surface area contributed by atoms with Gasteiger partial charge in [-0.3, -0.25) is 4.79 Å². The predicted molar refractivity (Wildman–Crippen MR) is 108 cm³/mol. The lowest BCUT2D eigenvalue weighted by atomic mass is 9.87. The lowest BCUT2D eigenvalue weighted by Crippen LogP contribution is -2.30. The summed E-state index contributed by atoms with van der Waals surface area (Å²) in [5.74, 6) is 0.498. The second kappa shape index (κ2) is 13.1. The number of allylic oxidation sites excluding steroid dienone is 3.